The highest BCUT2D eigenvalue weighted by Crippen LogP contribution is 2.37. The molecule has 0 bridgehead atoms. The van der Waals surface area contributed by atoms with Gasteiger partial charge in [-0.25, -0.2) is 9.18 Å². The van der Waals surface area contributed by atoms with E-state index in [1.54, 1.807) is 41.3 Å². The van der Waals surface area contributed by atoms with Gasteiger partial charge in [-0.1, -0.05) is 28.9 Å². The second-order valence-electron chi connectivity index (χ2n) is 7.57. The topological polar surface area (TPSA) is 80.5 Å². The molecule has 1 aliphatic rings. The Morgan fingerprint density at radius 1 is 1.18 bits per heavy atom. The smallest absolute Gasteiger partial charge is 0.322 e. The molecule has 2 amide bonds. The highest BCUT2D eigenvalue weighted by Gasteiger charge is 2.35. The normalized spacial score (nSPS) is 16.3. The minimum absolute atomic E-state index is 0.250. The van der Waals surface area contributed by atoms with Crippen LogP contribution in [0.1, 0.15) is 37.8 Å². The summed E-state index contributed by atoms with van der Waals surface area (Å²) in [5.74, 6) is 0.324. The van der Waals surface area contributed by atoms with Crippen LogP contribution in [0.25, 0.3) is 17.0 Å². The largest absolute Gasteiger partial charge is 0.382 e. The summed E-state index contributed by atoms with van der Waals surface area (Å²) < 4.78 is 24.6. The van der Waals surface area contributed by atoms with E-state index in [0.717, 1.165) is 5.56 Å². The SMILES string of the molecule is CCOCCCN1C(=O)NC(c2ccc(F)cc2)C(c2nc(-c3ccc(Cl)cc3)no2)=C1C. The summed E-state index contributed by atoms with van der Waals surface area (Å²) >= 11 is 5.98. The van der Waals surface area contributed by atoms with Crippen molar-refractivity contribution < 1.29 is 18.4 Å². The maximum Gasteiger partial charge on any atom is 0.322 e. The monoisotopic (exact) mass is 470 g/mol. The van der Waals surface area contributed by atoms with Crippen molar-refractivity contribution >= 4 is 23.2 Å². The number of amides is 2. The van der Waals surface area contributed by atoms with Crippen LogP contribution in [0.4, 0.5) is 9.18 Å². The second kappa shape index (κ2) is 10.1. The van der Waals surface area contributed by atoms with Crippen molar-refractivity contribution in [2.45, 2.75) is 26.3 Å². The molecular formula is C24H24ClFN4O3. The van der Waals surface area contributed by atoms with Crippen molar-refractivity contribution in [3.05, 3.63) is 76.5 Å². The van der Waals surface area contributed by atoms with E-state index in [1.165, 1.54) is 12.1 Å². The summed E-state index contributed by atoms with van der Waals surface area (Å²) in [6, 6.07) is 12.3. The number of allylic oxidation sites excluding steroid dienone is 1. The van der Waals surface area contributed by atoms with Gasteiger partial charge in [-0.15, -0.1) is 0 Å². The zero-order valence-electron chi connectivity index (χ0n) is 18.3. The minimum Gasteiger partial charge on any atom is -0.382 e. The van der Waals surface area contributed by atoms with Crippen LogP contribution in [0, 0.1) is 5.82 Å². The molecular weight excluding hydrogens is 447 g/mol. The van der Waals surface area contributed by atoms with Gasteiger partial charge in [0.25, 0.3) is 5.89 Å². The quantitative estimate of drug-likeness (QED) is 0.442. The predicted molar refractivity (Wildman–Crippen MR) is 123 cm³/mol. The first-order valence-corrected chi connectivity index (χ1v) is 11.1. The summed E-state index contributed by atoms with van der Waals surface area (Å²) in [7, 11) is 0. The fraction of sp³-hybridized carbons (Fsp3) is 0.292. The average Bonchev–Trinajstić information content (AvgIpc) is 3.29. The summed E-state index contributed by atoms with van der Waals surface area (Å²) in [5.41, 5.74) is 2.81. The first-order valence-electron chi connectivity index (χ1n) is 10.7. The third kappa shape index (κ3) is 5.07. The van der Waals surface area contributed by atoms with E-state index < -0.39 is 6.04 Å². The second-order valence-corrected chi connectivity index (χ2v) is 8.00. The third-order valence-corrected chi connectivity index (χ3v) is 5.68. The van der Waals surface area contributed by atoms with Gasteiger partial charge >= 0.3 is 6.03 Å². The molecule has 3 aromatic rings. The number of urea groups is 1. The molecule has 1 unspecified atom stereocenters. The van der Waals surface area contributed by atoms with Gasteiger partial charge in [0.05, 0.1) is 11.6 Å². The molecule has 0 spiro atoms. The Morgan fingerprint density at radius 2 is 1.91 bits per heavy atom. The van der Waals surface area contributed by atoms with E-state index in [4.69, 9.17) is 20.9 Å². The highest BCUT2D eigenvalue weighted by atomic mass is 35.5. The van der Waals surface area contributed by atoms with Crippen LogP contribution in [-0.4, -0.2) is 40.8 Å². The fourth-order valence-corrected chi connectivity index (χ4v) is 3.88. The summed E-state index contributed by atoms with van der Waals surface area (Å²) in [5, 5.41) is 7.73. The van der Waals surface area contributed by atoms with Crippen LogP contribution in [0.5, 0.6) is 0 Å². The third-order valence-electron chi connectivity index (χ3n) is 5.43. The molecule has 0 saturated heterocycles. The van der Waals surface area contributed by atoms with Gasteiger partial charge in [0.15, 0.2) is 0 Å². The van der Waals surface area contributed by atoms with E-state index in [0.29, 0.717) is 53.9 Å². The van der Waals surface area contributed by atoms with Gasteiger partial charge in [-0.3, -0.25) is 4.90 Å². The molecule has 0 fully saturated rings. The Hall–Kier alpha value is -3.23. The van der Waals surface area contributed by atoms with Gasteiger partial charge in [0.1, 0.15) is 5.82 Å². The van der Waals surface area contributed by atoms with Crippen molar-refractivity contribution in [2.75, 3.05) is 19.8 Å². The Labute approximate surface area is 196 Å². The van der Waals surface area contributed by atoms with E-state index in [9.17, 15) is 9.18 Å². The van der Waals surface area contributed by atoms with Crippen molar-refractivity contribution in [3.8, 4) is 11.4 Å². The number of aromatic nitrogens is 2. The van der Waals surface area contributed by atoms with E-state index >= 15 is 0 Å². The molecule has 1 aromatic heterocycles. The van der Waals surface area contributed by atoms with Gasteiger partial charge in [-0.2, -0.15) is 4.98 Å². The molecule has 1 N–H and O–H groups in total. The Morgan fingerprint density at radius 3 is 2.61 bits per heavy atom. The zero-order valence-corrected chi connectivity index (χ0v) is 19.1. The van der Waals surface area contributed by atoms with Crippen molar-refractivity contribution in [1.29, 1.82) is 0 Å². The van der Waals surface area contributed by atoms with E-state index in [1.807, 2.05) is 13.8 Å². The first-order chi connectivity index (χ1) is 16.0. The number of rotatable bonds is 8. The molecule has 33 heavy (non-hydrogen) atoms. The number of carbonyl (C=O) groups excluding carboxylic acids is 1. The number of halogens is 2. The van der Waals surface area contributed by atoms with Crippen LogP contribution < -0.4 is 5.32 Å². The lowest BCUT2D eigenvalue weighted by atomic mass is 9.94. The molecule has 2 aromatic carbocycles. The summed E-state index contributed by atoms with van der Waals surface area (Å²) in [4.78, 5) is 19.2. The lowest BCUT2D eigenvalue weighted by Gasteiger charge is -2.35. The molecule has 0 radical (unpaired) electrons. The average molecular weight is 471 g/mol. The molecule has 0 saturated carbocycles. The Balaban J connectivity index is 1.73. The lowest BCUT2D eigenvalue weighted by Crippen LogP contribution is -2.46. The number of ether oxygens (including phenoxy) is 1. The van der Waals surface area contributed by atoms with Crippen molar-refractivity contribution in [2.24, 2.45) is 0 Å². The van der Waals surface area contributed by atoms with Crippen LogP contribution >= 0.6 is 11.6 Å². The summed E-state index contributed by atoms with van der Waals surface area (Å²) in [6.45, 7) is 5.41. The van der Waals surface area contributed by atoms with Crippen molar-refractivity contribution in [3.63, 3.8) is 0 Å². The fourth-order valence-electron chi connectivity index (χ4n) is 3.75. The maximum absolute atomic E-state index is 13.5. The highest BCUT2D eigenvalue weighted by molar-refractivity contribution is 6.30. The van der Waals surface area contributed by atoms with Crippen molar-refractivity contribution in [1.82, 2.24) is 20.4 Å². The van der Waals surface area contributed by atoms with Gasteiger partial charge in [-0.05, 0) is 62.2 Å². The van der Waals surface area contributed by atoms with Gasteiger partial charge in [0.2, 0.25) is 5.82 Å². The zero-order chi connectivity index (χ0) is 23.4. The Bertz CT molecular complexity index is 1150. The molecule has 4 rings (SSSR count). The Kier molecular flexibility index (Phi) is 7.05. The standard InChI is InChI=1S/C24H24ClFN4O3/c1-3-32-14-4-13-30-15(2)20(21(27-24(30)31)16-7-11-19(26)12-8-16)23-28-22(29-33-23)17-5-9-18(25)10-6-17/h5-12,21H,3-4,13-14H2,1-2H3,(H,27,31). The number of nitrogens with zero attached hydrogens (tertiary/aromatic N) is 3. The van der Waals surface area contributed by atoms with E-state index in [-0.39, 0.29) is 17.7 Å². The number of benzene rings is 2. The van der Waals surface area contributed by atoms with Crippen LogP contribution in [-0.2, 0) is 4.74 Å². The van der Waals surface area contributed by atoms with Crippen LogP contribution in [0.15, 0.2) is 58.8 Å². The molecule has 1 aliphatic heterocycles. The van der Waals surface area contributed by atoms with Gasteiger partial charge in [0, 0.05) is 36.0 Å². The summed E-state index contributed by atoms with van der Waals surface area (Å²) in [6.07, 6.45) is 0.674. The maximum atomic E-state index is 13.5. The molecule has 172 valence electrons. The lowest BCUT2D eigenvalue weighted by molar-refractivity contribution is 0.136. The number of nitrogens with one attached hydrogen (secondary N) is 1. The molecule has 7 nitrogen and oxygen atoms in total. The molecule has 2 heterocycles. The number of hydrogen-bond acceptors (Lipinski definition) is 5. The molecule has 1 atom stereocenters. The molecule has 9 heteroatoms. The van der Waals surface area contributed by atoms with Crippen LogP contribution in [0.2, 0.25) is 5.02 Å². The van der Waals surface area contributed by atoms with Gasteiger partial charge < -0.3 is 14.6 Å². The van der Waals surface area contributed by atoms with E-state index in [2.05, 4.69) is 15.5 Å². The minimum atomic E-state index is -0.570. The number of carbonyl (C=O) groups is 1. The first kappa shape index (κ1) is 22.9. The number of hydrogen-bond donors (Lipinski definition) is 1. The predicted octanol–water partition coefficient (Wildman–Crippen LogP) is 5.45. The molecule has 0 aliphatic carbocycles. The van der Waals surface area contributed by atoms with Crippen LogP contribution in [0.3, 0.4) is 0 Å².